The first kappa shape index (κ1) is 9.93. The molecule has 0 aliphatic carbocycles. The lowest BCUT2D eigenvalue weighted by Crippen LogP contribution is -2.09. The average molecular weight is 212 g/mol. The van der Waals surface area contributed by atoms with Crippen LogP contribution in [-0.2, 0) is 11.3 Å². The van der Waals surface area contributed by atoms with Gasteiger partial charge in [0.15, 0.2) is 4.77 Å². The number of aromatic nitrogens is 2. The molecule has 78 valence electrons. The SMILES string of the molecule is Cc1cn(CCC2CCCO2)c(=S)[nH]1. The van der Waals surface area contributed by atoms with Gasteiger partial charge in [0, 0.05) is 25.0 Å². The number of imidazole rings is 1. The quantitative estimate of drug-likeness (QED) is 0.780. The largest absolute Gasteiger partial charge is 0.378 e. The predicted octanol–water partition coefficient (Wildman–Crippen LogP) is 2.42. The number of hydrogen-bond acceptors (Lipinski definition) is 2. The molecule has 1 aliphatic rings. The molecule has 0 saturated carbocycles. The van der Waals surface area contributed by atoms with Gasteiger partial charge in [0.05, 0.1) is 6.10 Å². The molecule has 1 saturated heterocycles. The Balaban J connectivity index is 1.91. The number of H-pyrrole nitrogens is 1. The van der Waals surface area contributed by atoms with Crippen molar-refractivity contribution in [1.29, 1.82) is 0 Å². The highest BCUT2D eigenvalue weighted by atomic mass is 32.1. The van der Waals surface area contributed by atoms with Gasteiger partial charge in [-0.25, -0.2) is 0 Å². The zero-order chi connectivity index (χ0) is 9.97. The molecule has 1 unspecified atom stereocenters. The van der Waals surface area contributed by atoms with Crippen LogP contribution in [0.15, 0.2) is 6.20 Å². The molecule has 0 spiro atoms. The Hall–Kier alpha value is -0.610. The molecule has 0 amide bonds. The topological polar surface area (TPSA) is 29.9 Å². The van der Waals surface area contributed by atoms with Crippen LogP contribution in [0.5, 0.6) is 0 Å². The first-order chi connectivity index (χ1) is 6.75. The lowest BCUT2D eigenvalue weighted by molar-refractivity contribution is 0.100. The smallest absolute Gasteiger partial charge is 0.177 e. The van der Waals surface area contributed by atoms with Crippen molar-refractivity contribution in [2.45, 2.75) is 38.8 Å². The molecule has 3 nitrogen and oxygen atoms in total. The summed E-state index contributed by atoms with van der Waals surface area (Å²) in [5.41, 5.74) is 1.13. The van der Waals surface area contributed by atoms with E-state index >= 15 is 0 Å². The van der Waals surface area contributed by atoms with Gasteiger partial charge >= 0.3 is 0 Å². The van der Waals surface area contributed by atoms with Crippen LogP contribution in [0.4, 0.5) is 0 Å². The first-order valence-electron chi connectivity index (χ1n) is 5.13. The maximum atomic E-state index is 5.56. The lowest BCUT2D eigenvalue weighted by Gasteiger charge is -2.08. The van der Waals surface area contributed by atoms with E-state index in [9.17, 15) is 0 Å². The Kier molecular flexibility index (Phi) is 3.03. The van der Waals surface area contributed by atoms with Crippen molar-refractivity contribution in [1.82, 2.24) is 9.55 Å². The molecule has 0 radical (unpaired) electrons. The molecule has 1 aliphatic heterocycles. The van der Waals surface area contributed by atoms with E-state index in [2.05, 4.69) is 15.7 Å². The van der Waals surface area contributed by atoms with E-state index in [-0.39, 0.29) is 0 Å². The molecule has 1 aromatic rings. The number of aromatic amines is 1. The molecule has 1 aromatic heterocycles. The van der Waals surface area contributed by atoms with Crippen molar-refractivity contribution < 1.29 is 4.74 Å². The normalized spacial score (nSPS) is 21.6. The Morgan fingerprint density at radius 1 is 1.71 bits per heavy atom. The minimum Gasteiger partial charge on any atom is -0.378 e. The van der Waals surface area contributed by atoms with Crippen molar-refractivity contribution in [3.05, 3.63) is 16.7 Å². The lowest BCUT2D eigenvalue weighted by atomic mass is 10.2. The Labute approximate surface area is 89.1 Å². The minimum absolute atomic E-state index is 0.451. The molecule has 0 bridgehead atoms. The molecular formula is C10H16N2OS. The van der Waals surface area contributed by atoms with Gasteiger partial charge in [0.1, 0.15) is 0 Å². The predicted molar refractivity (Wildman–Crippen MR) is 57.9 cm³/mol. The fourth-order valence-electron chi connectivity index (χ4n) is 1.89. The highest BCUT2D eigenvalue weighted by molar-refractivity contribution is 7.71. The fourth-order valence-corrected chi connectivity index (χ4v) is 2.19. The van der Waals surface area contributed by atoms with Crippen LogP contribution in [0, 0.1) is 11.7 Å². The van der Waals surface area contributed by atoms with Crippen molar-refractivity contribution in [2.75, 3.05) is 6.61 Å². The van der Waals surface area contributed by atoms with E-state index in [0.29, 0.717) is 6.10 Å². The summed E-state index contributed by atoms with van der Waals surface area (Å²) in [6.07, 6.45) is 6.01. The van der Waals surface area contributed by atoms with Crippen LogP contribution < -0.4 is 0 Å². The fraction of sp³-hybridized carbons (Fsp3) is 0.700. The van der Waals surface area contributed by atoms with E-state index in [4.69, 9.17) is 17.0 Å². The first-order valence-corrected chi connectivity index (χ1v) is 5.54. The summed E-state index contributed by atoms with van der Waals surface area (Å²) in [5.74, 6) is 0. The van der Waals surface area contributed by atoms with Crippen LogP contribution in [-0.4, -0.2) is 22.3 Å². The van der Waals surface area contributed by atoms with Gasteiger partial charge in [-0.05, 0) is 38.4 Å². The standard InChI is InChI=1S/C10H16N2OS/c1-8-7-12(10(14)11-8)5-4-9-3-2-6-13-9/h7,9H,2-6H2,1H3,(H,11,14). The van der Waals surface area contributed by atoms with Crippen LogP contribution in [0.2, 0.25) is 0 Å². The summed E-state index contributed by atoms with van der Waals surface area (Å²) < 4.78 is 8.47. The number of rotatable bonds is 3. The molecule has 2 rings (SSSR count). The summed E-state index contributed by atoms with van der Waals surface area (Å²) in [6, 6.07) is 0. The Morgan fingerprint density at radius 2 is 2.57 bits per heavy atom. The third kappa shape index (κ3) is 2.25. The van der Waals surface area contributed by atoms with E-state index in [1.807, 2.05) is 6.92 Å². The molecule has 1 atom stereocenters. The molecule has 1 N–H and O–H groups in total. The van der Waals surface area contributed by atoms with Crippen LogP contribution in [0.1, 0.15) is 25.0 Å². The molecular weight excluding hydrogens is 196 g/mol. The third-order valence-electron chi connectivity index (χ3n) is 2.63. The Morgan fingerprint density at radius 3 is 3.14 bits per heavy atom. The second-order valence-corrected chi connectivity index (χ2v) is 4.25. The van der Waals surface area contributed by atoms with E-state index in [0.717, 1.165) is 30.0 Å². The van der Waals surface area contributed by atoms with E-state index < -0.39 is 0 Å². The zero-order valence-electron chi connectivity index (χ0n) is 8.45. The van der Waals surface area contributed by atoms with Gasteiger partial charge in [-0.3, -0.25) is 0 Å². The van der Waals surface area contributed by atoms with Crippen molar-refractivity contribution in [3.8, 4) is 0 Å². The van der Waals surface area contributed by atoms with Crippen LogP contribution in [0.3, 0.4) is 0 Å². The van der Waals surface area contributed by atoms with E-state index in [1.54, 1.807) is 0 Å². The number of nitrogens with one attached hydrogen (secondary N) is 1. The van der Waals surface area contributed by atoms with Crippen LogP contribution >= 0.6 is 12.2 Å². The van der Waals surface area contributed by atoms with E-state index in [1.165, 1.54) is 12.8 Å². The molecule has 0 aromatic carbocycles. The molecule has 14 heavy (non-hydrogen) atoms. The summed E-state index contributed by atoms with van der Waals surface area (Å²) in [6.45, 7) is 3.93. The van der Waals surface area contributed by atoms with Crippen molar-refractivity contribution in [2.24, 2.45) is 0 Å². The molecule has 1 fully saturated rings. The number of ether oxygens (including phenoxy) is 1. The second kappa shape index (κ2) is 4.28. The van der Waals surface area contributed by atoms with Gasteiger partial charge in [0.2, 0.25) is 0 Å². The second-order valence-electron chi connectivity index (χ2n) is 3.86. The molecule has 2 heterocycles. The monoisotopic (exact) mass is 212 g/mol. The van der Waals surface area contributed by atoms with Gasteiger partial charge < -0.3 is 14.3 Å². The van der Waals surface area contributed by atoms with Gasteiger partial charge in [-0.1, -0.05) is 0 Å². The van der Waals surface area contributed by atoms with Gasteiger partial charge in [-0.2, -0.15) is 0 Å². The minimum atomic E-state index is 0.451. The number of hydrogen-bond donors (Lipinski definition) is 1. The number of aryl methyl sites for hydroxylation is 2. The highest BCUT2D eigenvalue weighted by Gasteiger charge is 2.14. The number of nitrogens with zero attached hydrogens (tertiary/aromatic N) is 1. The Bertz CT molecular complexity index is 349. The van der Waals surface area contributed by atoms with Gasteiger partial charge in [0.25, 0.3) is 0 Å². The highest BCUT2D eigenvalue weighted by Crippen LogP contribution is 2.16. The van der Waals surface area contributed by atoms with Gasteiger partial charge in [-0.15, -0.1) is 0 Å². The zero-order valence-corrected chi connectivity index (χ0v) is 9.27. The summed E-state index contributed by atoms with van der Waals surface area (Å²) in [4.78, 5) is 3.12. The van der Waals surface area contributed by atoms with Crippen molar-refractivity contribution >= 4 is 12.2 Å². The summed E-state index contributed by atoms with van der Waals surface area (Å²) >= 11 is 5.18. The molecule has 4 heteroatoms. The maximum Gasteiger partial charge on any atom is 0.177 e. The third-order valence-corrected chi connectivity index (χ3v) is 2.97. The maximum absolute atomic E-state index is 5.56. The summed E-state index contributed by atoms with van der Waals surface area (Å²) in [7, 11) is 0. The van der Waals surface area contributed by atoms with Crippen LogP contribution in [0.25, 0.3) is 0 Å². The average Bonchev–Trinajstić information content (AvgIpc) is 2.72. The summed E-state index contributed by atoms with van der Waals surface area (Å²) in [5, 5.41) is 0. The van der Waals surface area contributed by atoms with Crippen molar-refractivity contribution in [3.63, 3.8) is 0 Å².